The second kappa shape index (κ2) is 4.98. The molecule has 3 aromatic rings. The van der Waals surface area contributed by atoms with Gasteiger partial charge in [0.15, 0.2) is 11.5 Å². The van der Waals surface area contributed by atoms with Crippen molar-refractivity contribution in [2.45, 2.75) is 6.54 Å². The lowest BCUT2D eigenvalue weighted by molar-refractivity contribution is 0.174. The molecule has 0 saturated carbocycles. The largest absolute Gasteiger partial charge is 0.454 e. The Balaban J connectivity index is 1.52. The number of ether oxygens (including phenoxy) is 2. The van der Waals surface area contributed by atoms with Crippen LogP contribution in [-0.4, -0.2) is 11.8 Å². The topological polar surface area (TPSA) is 43.4 Å². The van der Waals surface area contributed by atoms with Crippen LogP contribution in [0.3, 0.4) is 0 Å². The zero-order chi connectivity index (χ0) is 14.1. The summed E-state index contributed by atoms with van der Waals surface area (Å²) in [6, 6.07) is 16.2. The van der Waals surface area contributed by atoms with Crippen molar-refractivity contribution < 1.29 is 9.47 Å². The zero-order valence-corrected chi connectivity index (χ0v) is 11.4. The fourth-order valence-electron chi connectivity index (χ4n) is 2.45. The number of nitrogens with one attached hydrogen (secondary N) is 1. The summed E-state index contributed by atoms with van der Waals surface area (Å²) in [4.78, 5) is 4.33. The first-order valence-corrected chi connectivity index (χ1v) is 6.86. The molecule has 0 radical (unpaired) electrons. The summed E-state index contributed by atoms with van der Waals surface area (Å²) in [6.07, 6.45) is 1.81. The molecule has 0 fully saturated rings. The summed E-state index contributed by atoms with van der Waals surface area (Å²) < 4.78 is 10.7. The molecule has 104 valence electrons. The summed E-state index contributed by atoms with van der Waals surface area (Å²) in [7, 11) is 0. The molecular weight excluding hydrogens is 264 g/mol. The third kappa shape index (κ3) is 2.36. The van der Waals surface area contributed by atoms with Gasteiger partial charge in [-0.2, -0.15) is 0 Å². The normalized spacial score (nSPS) is 12.6. The first kappa shape index (κ1) is 12.0. The second-order valence-corrected chi connectivity index (χ2v) is 4.95. The van der Waals surface area contributed by atoms with E-state index in [1.54, 1.807) is 0 Å². The molecule has 0 aliphatic carbocycles. The van der Waals surface area contributed by atoms with Crippen LogP contribution in [0, 0.1) is 0 Å². The van der Waals surface area contributed by atoms with E-state index in [4.69, 9.17) is 9.47 Å². The predicted molar refractivity (Wildman–Crippen MR) is 81.6 cm³/mol. The molecule has 1 aliphatic heterocycles. The van der Waals surface area contributed by atoms with Gasteiger partial charge in [0, 0.05) is 29.9 Å². The maximum Gasteiger partial charge on any atom is 0.231 e. The number of anilines is 1. The van der Waals surface area contributed by atoms with Crippen LogP contribution in [0.25, 0.3) is 10.9 Å². The molecular formula is C17H14N2O2. The van der Waals surface area contributed by atoms with E-state index in [1.807, 2.05) is 36.5 Å². The SMILES string of the molecule is c1cnc2ccc(CNc3ccc4c(c3)OCO4)cc2c1. The van der Waals surface area contributed by atoms with Crippen molar-refractivity contribution in [3.8, 4) is 11.5 Å². The molecule has 0 bridgehead atoms. The molecule has 21 heavy (non-hydrogen) atoms. The summed E-state index contributed by atoms with van der Waals surface area (Å²) in [5.74, 6) is 1.60. The number of fused-ring (bicyclic) bond motifs is 2. The first-order valence-electron chi connectivity index (χ1n) is 6.86. The van der Waals surface area contributed by atoms with Gasteiger partial charge in [0.25, 0.3) is 0 Å². The van der Waals surface area contributed by atoms with Gasteiger partial charge < -0.3 is 14.8 Å². The second-order valence-electron chi connectivity index (χ2n) is 4.95. The Bertz CT molecular complexity index is 802. The summed E-state index contributed by atoms with van der Waals surface area (Å²) >= 11 is 0. The number of aromatic nitrogens is 1. The van der Waals surface area contributed by atoms with Gasteiger partial charge in [0.1, 0.15) is 0 Å². The molecule has 4 heteroatoms. The van der Waals surface area contributed by atoms with Gasteiger partial charge >= 0.3 is 0 Å². The Kier molecular flexibility index (Phi) is 2.85. The number of hydrogen-bond acceptors (Lipinski definition) is 4. The van der Waals surface area contributed by atoms with E-state index in [1.165, 1.54) is 5.56 Å². The molecule has 0 amide bonds. The van der Waals surface area contributed by atoms with Gasteiger partial charge in [-0.25, -0.2) is 0 Å². The van der Waals surface area contributed by atoms with Gasteiger partial charge in [0.2, 0.25) is 6.79 Å². The minimum atomic E-state index is 0.302. The van der Waals surface area contributed by atoms with Crippen molar-refractivity contribution in [3.63, 3.8) is 0 Å². The van der Waals surface area contributed by atoms with E-state index in [0.717, 1.165) is 34.6 Å². The van der Waals surface area contributed by atoms with Crippen molar-refractivity contribution >= 4 is 16.6 Å². The standard InChI is InChI=1S/C17H14N2O2/c1-2-13-8-12(3-5-15(13)18-7-1)10-19-14-4-6-16-17(9-14)21-11-20-16/h1-9,19H,10-11H2. The molecule has 0 saturated heterocycles. The highest BCUT2D eigenvalue weighted by Crippen LogP contribution is 2.34. The maximum absolute atomic E-state index is 5.38. The van der Waals surface area contributed by atoms with E-state index in [9.17, 15) is 0 Å². The Morgan fingerprint density at radius 1 is 1.00 bits per heavy atom. The molecule has 4 nitrogen and oxygen atoms in total. The van der Waals surface area contributed by atoms with Crippen LogP contribution in [0.2, 0.25) is 0 Å². The lowest BCUT2D eigenvalue weighted by atomic mass is 10.1. The van der Waals surface area contributed by atoms with Crippen LogP contribution in [0.5, 0.6) is 11.5 Å². The first-order chi connectivity index (χ1) is 10.4. The molecule has 0 spiro atoms. The zero-order valence-electron chi connectivity index (χ0n) is 11.4. The highest BCUT2D eigenvalue weighted by molar-refractivity contribution is 5.79. The number of nitrogens with zero attached hydrogens (tertiary/aromatic N) is 1. The Morgan fingerprint density at radius 2 is 1.95 bits per heavy atom. The van der Waals surface area contributed by atoms with Crippen molar-refractivity contribution in [1.82, 2.24) is 4.98 Å². The fourth-order valence-corrected chi connectivity index (χ4v) is 2.45. The van der Waals surface area contributed by atoms with Crippen molar-refractivity contribution in [3.05, 3.63) is 60.3 Å². The van der Waals surface area contributed by atoms with E-state index in [-0.39, 0.29) is 0 Å². The highest BCUT2D eigenvalue weighted by Gasteiger charge is 2.12. The maximum atomic E-state index is 5.38. The van der Waals surface area contributed by atoms with E-state index < -0.39 is 0 Å². The Labute approximate surface area is 122 Å². The molecule has 1 N–H and O–H groups in total. The van der Waals surface area contributed by atoms with Crippen LogP contribution in [0.1, 0.15) is 5.56 Å². The van der Waals surface area contributed by atoms with Crippen molar-refractivity contribution in [2.75, 3.05) is 12.1 Å². The summed E-state index contributed by atoms with van der Waals surface area (Å²) in [5, 5.41) is 4.55. The number of rotatable bonds is 3. The van der Waals surface area contributed by atoms with Gasteiger partial charge in [-0.15, -0.1) is 0 Å². The molecule has 2 heterocycles. The summed E-state index contributed by atoms with van der Waals surface area (Å²) in [6.45, 7) is 1.06. The molecule has 4 rings (SSSR count). The average molecular weight is 278 g/mol. The third-order valence-corrected chi connectivity index (χ3v) is 3.54. The lowest BCUT2D eigenvalue weighted by Crippen LogP contribution is -1.99. The van der Waals surface area contributed by atoms with E-state index >= 15 is 0 Å². The Hall–Kier alpha value is -2.75. The van der Waals surface area contributed by atoms with Crippen LogP contribution < -0.4 is 14.8 Å². The number of benzene rings is 2. The quantitative estimate of drug-likeness (QED) is 0.795. The molecule has 1 aromatic heterocycles. The van der Waals surface area contributed by atoms with Crippen LogP contribution >= 0.6 is 0 Å². The molecule has 1 aliphatic rings. The molecule has 0 atom stereocenters. The number of hydrogen-bond donors (Lipinski definition) is 1. The van der Waals surface area contributed by atoms with E-state index in [0.29, 0.717) is 6.79 Å². The minimum absolute atomic E-state index is 0.302. The van der Waals surface area contributed by atoms with Crippen LogP contribution in [0.15, 0.2) is 54.7 Å². The predicted octanol–water partition coefficient (Wildman–Crippen LogP) is 3.58. The fraction of sp³-hybridized carbons (Fsp3) is 0.118. The van der Waals surface area contributed by atoms with Crippen LogP contribution in [0.4, 0.5) is 5.69 Å². The van der Waals surface area contributed by atoms with Crippen molar-refractivity contribution in [2.24, 2.45) is 0 Å². The summed E-state index contributed by atoms with van der Waals surface area (Å²) in [5.41, 5.74) is 3.25. The molecule has 2 aromatic carbocycles. The van der Waals surface area contributed by atoms with E-state index in [2.05, 4.69) is 28.5 Å². The van der Waals surface area contributed by atoms with Gasteiger partial charge in [-0.05, 0) is 35.9 Å². The van der Waals surface area contributed by atoms with Gasteiger partial charge in [-0.3, -0.25) is 4.98 Å². The van der Waals surface area contributed by atoms with Crippen LogP contribution in [-0.2, 0) is 6.54 Å². The number of pyridine rings is 1. The minimum Gasteiger partial charge on any atom is -0.454 e. The van der Waals surface area contributed by atoms with Crippen molar-refractivity contribution in [1.29, 1.82) is 0 Å². The third-order valence-electron chi connectivity index (χ3n) is 3.54. The van der Waals surface area contributed by atoms with Gasteiger partial charge in [0.05, 0.1) is 5.52 Å². The average Bonchev–Trinajstić information content (AvgIpc) is 3.00. The molecule has 0 unspecified atom stereocenters. The Morgan fingerprint density at radius 3 is 2.95 bits per heavy atom. The monoisotopic (exact) mass is 278 g/mol. The smallest absolute Gasteiger partial charge is 0.231 e. The van der Waals surface area contributed by atoms with Gasteiger partial charge in [-0.1, -0.05) is 12.1 Å². The lowest BCUT2D eigenvalue weighted by Gasteiger charge is -2.08. The highest BCUT2D eigenvalue weighted by atomic mass is 16.7.